The maximum absolute atomic E-state index is 11.2. The van der Waals surface area contributed by atoms with E-state index >= 15 is 0 Å². The van der Waals surface area contributed by atoms with Crippen LogP contribution in [-0.2, 0) is 18.9 Å². The molecule has 15 nitrogen and oxygen atoms in total. The molecule has 2 heterocycles. The van der Waals surface area contributed by atoms with Crippen LogP contribution in [0.15, 0.2) is 0 Å². The van der Waals surface area contributed by atoms with Gasteiger partial charge in [-0.1, -0.05) is 0 Å². The van der Waals surface area contributed by atoms with Crippen LogP contribution in [0.2, 0.25) is 0 Å². The van der Waals surface area contributed by atoms with E-state index in [9.17, 15) is 30.6 Å². The molecule has 15 atom stereocenters. The van der Waals surface area contributed by atoms with Crippen LogP contribution in [0, 0.1) is 0 Å². The van der Waals surface area contributed by atoms with Crippen LogP contribution in [0.1, 0.15) is 12.8 Å². The van der Waals surface area contributed by atoms with E-state index in [1.54, 1.807) is 7.05 Å². The van der Waals surface area contributed by atoms with E-state index < -0.39 is 98.3 Å². The Labute approximate surface area is 203 Å². The molecule has 0 aromatic carbocycles. The summed E-state index contributed by atoms with van der Waals surface area (Å²) in [5, 5.41) is 64.8. The smallest absolute Gasteiger partial charge is 0.186 e. The molecule has 0 spiro atoms. The predicted molar refractivity (Wildman–Crippen MR) is 119 cm³/mol. The molecular formula is C20H41N5O10. The van der Waals surface area contributed by atoms with Crippen LogP contribution in [0.5, 0.6) is 0 Å². The number of nitrogens with one attached hydrogen (secondary N) is 1. The van der Waals surface area contributed by atoms with Gasteiger partial charge in [-0.15, -0.1) is 0 Å². The van der Waals surface area contributed by atoms with Gasteiger partial charge in [0, 0.05) is 12.1 Å². The molecule has 1 unspecified atom stereocenters. The second kappa shape index (κ2) is 12.3. The van der Waals surface area contributed by atoms with Crippen LogP contribution >= 0.6 is 0 Å². The predicted octanol–water partition coefficient (Wildman–Crippen LogP) is -6.67. The monoisotopic (exact) mass is 511 g/mol. The van der Waals surface area contributed by atoms with Gasteiger partial charge in [0.05, 0.1) is 24.8 Å². The summed E-state index contributed by atoms with van der Waals surface area (Å²) in [6.07, 6.45) is -12.8. The zero-order valence-corrected chi connectivity index (χ0v) is 19.6. The van der Waals surface area contributed by atoms with E-state index in [1.165, 1.54) is 0 Å². The van der Waals surface area contributed by atoms with Gasteiger partial charge in [0.2, 0.25) is 0 Å². The number of nitrogens with two attached hydrogens (primary N) is 4. The third kappa shape index (κ3) is 5.95. The lowest BCUT2D eigenvalue weighted by atomic mass is 9.83. The molecule has 15 heteroatoms. The van der Waals surface area contributed by atoms with Gasteiger partial charge in [0.15, 0.2) is 12.6 Å². The standard InChI is InChI=1S/C20H41N5O10/c1-25-7-4-6(22)17(34-19-11(24)14(29)13(28)8(32-19)2-3-21)16(31)18(7)35-20-15(30)10(23)12(27)9(5-26)33-20/h6-20,25-31H,2-5,21-24H2,1H3/t6-,7+,8+,9+,10-,11+,12+,13+,14+,15+,16-,17?,18-,19+,20+/m0/s1. The van der Waals surface area contributed by atoms with Crippen molar-refractivity contribution in [1.29, 1.82) is 0 Å². The number of rotatable bonds is 8. The Morgan fingerprint density at radius 1 is 0.800 bits per heavy atom. The maximum atomic E-state index is 11.2. The van der Waals surface area contributed by atoms with Crippen LogP contribution in [0.4, 0.5) is 0 Å². The third-order valence-electron chi connectivity index (χ3n) is 7.11. The van der Waals surface area contributed by atoms with E-state index in [2.05, 4.69) is 5.32 Å². The number of aliphatic hydroxyl groups excluding tert-OH is 6. The van der Waals surface area contributed by atoms with Crippen molar-refractivity contribution in [2.75, 3.05) is 20.2 Å². The first-order valence-corrected chi connectivity index (χ1v) is 11.8. The highest BCUT2D eigenvalue weighted by Crippen LogP contribution is 2.31. The maximum Gasteiger partial charge on any atom is 0.186 e. The SMILES string of the molecule is CN[C@@H]1C[C@H](N)C(O[C@H]2O[C@H](CCN)[C@@H](O)[C@H](O)[C@H]2N)[C@H](O)[C@H]1O[C@H]1O[C@H](CO)[C@@H](O)[C@H](N)[C@H]1O. The average Bonchev–Trinajstić information content (AvgIpc) is 2.84. The highest BCUT2D eigenvalue weighted by molar-refractivity contribution is 5.02. The Morgan fingerprint density at radius 2 is 1.43 bits per heavy atom. The van der Waals surface area contributed by atoms with Gasteiger partial charge < -0.3 is 77.8 Å². The fraction of sp³-hybridized carbons (Fsp3) is 1.00. The molecule has 0 aromatic heterocycles. The summed E-state index contributed by atoms with van der Waals surface area (Å²) in [6.45, 7) is -0.368. The molecule has 1 saturated carbocycles. The number of hydrogen-bond acceptors (Lipinski definition) is 15. The summed E-state index contributed by atoms with van der Waals surface area (Å²) >= 11 is 0. The van der Waals surface area contributed by atoms with Gasteiger partial charge in [0.1, 0.15) is 48.8 Å². The van der Waals surface area contributed by atoms with Crippen molar-refractivity contribution in [3.63, 3.8) is 0 Å². The molecule has 0 radical (unpaired) electrons. The fourth-order valence-electron chi connectivity index (χ4n) is 4.89. The molecule has 0 bridgehead atoms. The van der Waals surface area contributed by atoms with E-state index in [0.29, 0.717) is 0 Å². The quantitative estimate of drug-likeness (QED) is 0.144. The molecule has 2 aliphatic heterocycles. The van der Waals surface area contributed by atoms with E-state index in [-0.39, 0.29) is 19.4 Å². The molecule has 0 amide bonds. The molecule has 35 heavy (non-hydrogen) atoms. The van der Waals surface area contributed by atoms with Crippen LogP contribution in [0.25, 0.3) is 0 Å². The molecular weight excluding hydrogens is 470 g/mol. The van der Waals surface area contributed by atoms with Gasteiger partial charge in [-0.25, -0.2) is 0 Å². The van der Waals surface area contributed by atoms with Crippen molar-refractivity contribution in [2.24, 2.45) is 22.9 Å². The molecule has 206 valence electrons. The summed E-state index contributed by atoms with van der Waals surface area (Å²) in [6, 6.07) is -3.49. The van der Waals surface area contributed by atoms with Crippen molar-refractivity contribution < 1.29 is 49.6 Å². The van der Waals surface area contributed by atoms with Crippen molar-refractivity contribution in [1.82, 2.24) is 5.32 Å². The molecule has 2 saturated heterocycles. The minimum atomic E-state index is -1.45. The first-order chi connectivity index (χ1) is 16.5. The second-order valence-corrected chi connectivity index (χ2v) is 9.45. The van der Waals surface area contributed by atoms with E-state index in [0.717, 1.165) is 0 Å². The highest BCUT2D eigenvalue weighted by Gasteiger charge is 2.51. The summed E-state index contributed by atoms with van der Waals surface area (Å²) in [7, 11) is 1.64. The molecule has 3 rings (SSSR count). The van der Waals surface area contributed by atoms with Crippen molar-refractivity contribution >= 4 is 0 Å². The Morgan fingerprint density at radius 3 is 2.03 bits per heavy atom. The summed E-state index contributed by atoms with van der Waals surface area (Å²) < 4.78 is 23.1. The first-order valence-electron chi connectivity index (χ1n) is 11.8. The second-order valence-electron chi connectivity index (χ2n) is 9.45. The Bertz CT molecular complexity index is 668. The lowest BCUT2D eigenvalue weighted by Gasteiger charge is -2.49. The number of likely N-dealkylation sites (N-methyl/N-ethyl adjacent to an activating group) is 1. The number of aliphatic hydroxyl groups is 6. The zero-order chi connectivity index (χ0) is 26.0. The van der Waals surface area contributed by atoms with Crippen LogP contribution < -0.4 is 28.3 Å². The van der Waals surface area contributed by atoms with Gasteiger partial charge >= 0.3 is 0 Å². The van der Waals surface area contributed by atoms with Gasteiger partial charge in [-0.05, 0) is 26.4 Å². The largest absolute Gasteiger partial charge is 0.394 e. The van der Waals surface area contributed by atoms with Crippen LogP contribution in [0.3, 0.4) is 0 Å². The first kappa shape index (κ1) is 29.0. The minimum absolute atomic E-state index is 0.192. The Hall–Kier alpha value is -0.600. The Kier molecular flexibility index (Phi) is 10.2. The molecule has 3 aliphatic rings. The van der Waals surface area contributed by atoms with E-state index in [1.807, 2.05) is 0 Å². The number of hydrogen-bond donors (Lipinski definition) is 11. The van der Waals surface area contributed by atoms with Crippen LogP contribution in [-0.4, -0.2) is 143 Å². The topological polar surface area (TPSA) is 274 Å². The normalized spacial score (nSPS) is 51.3. The molecule has 0 aromatic rings. The fourth-order valence-corrected chi connectivity index (χ4v) is 4.89. The van der Waals surface area contributed by atoms with Crippen molar-refractivity contribution in [3.8, 4) is 0 Å². The molecule has 3 fully saturated rings. The van der Waals surface area contributed by atoms with Gasteiger partial charge in [-0.3, -0.25) is 0 Å². The molecule has 15 N–H and O–H groups in total. The van der Waals surface area contributed by atoms with Gasteiger partial charge in [-0.2, -0.15) is 0 Å². The minimum Gasteiger partial charge on any atom is -0.394 e. The summed E-state index contributed by atoms with van der Waals surface area (Å²) in [5.74, 6) is 0. The summed E-state index contributed by atoms with van der Waals surface area (Å²) in [5.41, 5.74) is 23.7. The highest BCUT2D eigenvalue weighted by atomic mass is 16.7. The average molecular weight is 512 g/mol. The van der Waals surface area contributed by atoms with Gasteiger partial charge in [0.25, 0.3) is 0 Å². The van der Waals surface area contributed by atoms with E-state index in [4.69, 9.17) is 41.9 Å². The van der Waals surface area contributed by atoms with Crippen molar-refractivity contribution in [3.05, 3.63) is 0 Å². The Balaban J connectivity index is 1.76. The third-order valence-corrected chi connectivity index (χ3v) is 7.11. The molecule has 1 aliphatic carbocycles. The summed E-state index contributed by atoms with van der Waals surface area (Å²) in [4.78, 5) is 0. The zero-order valence-electron chi connectivity index (χ0n) is 19.6. The number of ether oxygens (including phenoxy) is 4. The lowest BCUT2D eigenvalue weighted by Crippen LogP contribution is -2.69. The van der Waals surface area contributed by atoms with Crippen molar-refractivity contribution in [2.45, 2.75) is 105 Å². The lowest BCUT2D eigenvalue weighted by molar-refractivity contribution is -0.320.